The fourth-order valence-corrected chi connectivity index (χ4v) is 5.42. The summed E-state index contributed by atoms with van der Waals surface area (Å²) in [5.74, 6) is 0.207. The zero-order valence-electron chi connectivity index (χ0n) is 19.5. The van der Waals surface area contributed by atoms with Crippen LogP contribution in [0.25, 0.3) is 0 Å². The van der Waals surface area contributed by atoms with Gasteiger partial charge in [-0.05, 0) is 35.9 Å². The molecule has 0 fully saturated rings. The van der Waals surface area contributed by atoms with E-state index in [2.05, 4.69) is 0 Å². The van der Waals surface area contributed by atoms with Crippen LogP contribution in [0.3, 0.4) is 0 Å². The van der Waals surface area contributed by atoms with Crippen molar-refractivity contribution in [3.63, 3.8) is 0 Å². The summed E-state index contributed by atoms with van der Waals surface area (Å²) in [5.41, 5.74) is 1.19. The largest absolute Gasteiger partial charge is 0.493 e. The van der Waals surface area contributed by atoms with Crippen molar-refractivity contribution in [1.29, 1.82) is 0 Å². The number of fused-ring (bicyclic) bond motifs is 1. The van der Waals surface area contributed by atoms with Crippen LogP contribution in [-0.4, -0.2) is 44.9 Å². The van der Waals surface area contributed by atoms with E-state index < -0.39 is 11.9 Å². The SMILES string of the molecule is COC(=O)Cn1c2c(sc1=O)[C@@H](c1cc(OC)c(OC)c(OC)c1)CC(=O)N2c1cccc(Cl)c1. The van der Waals surface area contributed by atoms with Gasteiger partial charge in [0.05, 0.1) is 39.0 Å². The Hall–Kier alpha value is -3.50. The second-order valence-corrected chi connectivity index (χ2v) is 9.07. The molecule has 1 aromatic heterocycles. The van der Waals surface area contributed by atoms with E-state index in [9.17, 15) is 14.4 Å². The summed E-state index contributed by atoms with van der Waals surface area (Å²) in [5, 5.41) is 0.431. The average Bonchev–Trinajstić information content (AvgIpc) is 3.17. The highest BCUT2D eigenvalue weighted by molar-refractivity contribution is 7.10. The van der Waals surface area contributed by atoms with Gasteiger partial charge in [0, 0.05) is 17.4 Å². The summed E-state index contributed by atoms with van der Waals surface area (Å²) in [6.07, 6.45) is 0.0658. The number of thiazole rings is 1. The summed E-state index contributed by atoms with van der Waals surface area (Å²) in [6.45, 7) is -0.340. The Balaban J connectivity index is 1.95. The number of aromatic nitrogens is 1. The summed E-state index contributed by atoms with van der Waals surface area (Å²) >= 11 is 7.17. The molecule has 1 amide bonds. The lowest BCUT2D eigenvalue weighted by molar-refractivity contribution is -0.141. The van der Waals surface area contributed by atoms with Crippen molar-refractivity contribution in [2.75, 3.05) is 33.3 Å². The van der Waals surface area contributed by atoms with Gasteiger partial charge in [-0.1, -0.05) is 29.0 Å². The first-order valence-corrected chi connectivity index (χ1v) is 11.7. The number of ether oxygens (including phenoxy) is 4. The van der Waals surface area contributed by atoms with Crippen molar-refractivity contribution in [2.45, 2.75) is 18.9 Å². The van der Waals surface area contributed by atoms with E-state index in [4.69, 9.17) is 30.5 Å². The third kappa shape index (κ3) is 4.46. The predicted octanol–water partition coefficient (Wildman–Crippen LogP) is 3.96. The fourth-order valence-electron chi connectivity index (χ4n) is 4.14. The van der Waals surface area contributed by atoms with Crippen molar-refractivity contribution in [1.82, 2.24) is 4.57 Å². The highest BCUT2D eigenvalue weighted by atomic mass is 35.5. The average molecular weight is 519 g/mol. The molecule has 0 spiro atoms. The molecule has 0 unspecified atom stereocenters. The molecule has 2 aromatic carbocycles. The van der Waals surface area contributed by atoms with Gasteiger partial charge in [-0.15, -0.1) is 0 Å². The van der Waals surface area contributed by atoms with Crippen molar-refractivity contribution < 1.29 is 28.5 Å². The fraction of sp³-hybridized carbons (Fsp3) is 0.292. The normalized spacial score (nSPS) is 14.9. The molecular weight excluding hydrogens is 496 g/mol. The Morgan fingerprint density at radius 2 is 1.74 bits per heavy atom. The number of nitrogens with zero attached hydrogens (tertiary/aromatic N) is 2. The molecule has 0 bridgehead atoms. The van der Waals surface area contributed by atoms with Crippen LogP contribution in [0.2, 0.25) is 5.02 Å². The topological polar surface area (TPSA) is 96.3 Å². The van der Waals surface area contributed by atoms with Crippen molar-refractivity contribution in [3.05, 3.63) is 61.5 Å². The van der Waals surface area contributed by atoms with Gasteiger partial charge >= 0.3 is 10.8 Å². The molecule has 1 aliphatic rings. The van der Waals surface area contributed by atoms with E-state index in [1.54, 1.807) is 36.4 Å². The van der Waals surface area contributed by atoms with Crippen LogP contribution in [0.15, 0.2) is 41.2 Å². The molecule has 0 N–H and O–H groups in total. The molecule has 0 saturated heterocycles. The Morgan fingerprint density at radius 3 is 2.31 bits per heavy atom. The van der Waals surface area contributed by atoms with E-state index in [1.165, 1.54) is 37.9 Å². The Bertz CT molecular complexity index is 1320. The molecule has 9 nitrogen and oxygen atoms in total. The van der Waals surface area contributed by atoms with Gasteiger partial charge in [0.1, 0.15) is 12.4 Å². The number of carbonyl (C=O) groups is 2. The molecule has 0 saturated carbocycles. The molecule has 2 heterocycles. The van der Waals surface area contributed by atoms with Crippen molar-refractivity contribution in [2.24, 2.45) is 0 Å². The number of esters is 1. The first-order chi connectivity index (χ1) is 16.8. The van der Waals surface area contributed by atoms with Crippen molar-refractivity contribution >= 4 is 46.3 Å². The van der Waals surface area contributed by atoms with Gasteiger partial charge in [0.25, 0.3) is 0 Å². The zero-order chi connectivity index (χ0) is 25.3. The van der Waals surface area contributed by atoms with Gasteiger partial charge in [0.2, 0.25) is 11.7 Å². The molecule has 0 radical (unpaired) electrons. The lowest BCUT2D eigenvalue weighted by Gasteiger charge is -2.33. The number of amides is 1. The van der Waals surface area contributed by atoms with Crippen LogP contribution < -0.4 is 24.0 Å². The highest BCUT2D eigenvalue weighted by Gasteiger charge is 2.39. The summed E-state index contributed by atoms with van der Waals surface area (Å²) in [7, 11) is 5.75. The lowest BCUT2D eigenvalue weighted by atomic mass is 9.89. The van der Waals surface area contributed by atoms with E-state index in [0.717, 1.165) is 11.3 Å². The van der Waals surface area contributed by atoms with Crippen LogP contribution in [0.1, 0.15) is 22.8 Å². The molecule has 0 aliphatic carbocycles. The maximum absolute atomic E-state index is 13.6. The minimum Gasteiger partial charge on any atom is -0.493 e. The summed E-state index contributed by atoms with van der Waals surface area (Å²) < 4.78 is 22.4. The van der Waals surface area contributed by atoms with Crippen LogP contribution in [0.5, 0.6) is 17.2 Å². The van der Waals surface area contributed by atoms with Gasteiger partial charge in [0.15, 0.2) is 11.5 Å². The molecule has 35 heavy (non-hydrogen) atoms. The first-order valence-electron chi connectivity index (χ1n) is 10.5. The smallest absolute Gasteiger partial charge is 0.325 e. The van der Waals surface area contributed by atoms with Gasteiger partial charge in [-0.3, -0.25) is 23.9 Å². The second-order valence-electron chi connectivity index (χ2n) is 7.64. The van der Waals surface area contributed by atoms with E-state index in [1.807, 2.05) is 0 Å². The van der Waals surface area contributed by atoms with Gasteiger partial charge < -0.3 is 18.9 Å². The minimum absolute atomic E-state index is 0.0658. The van der Waals surface area contributed by atoms with Crippen LogP contribution in [0, 0.1) is 0 Å². The number of halogens is 1. The molecular formula is C24H23ClN2O7S. The zero-order valence-corrected chi connectivity index (χ0v) is 21.1. The molecule has 11 heteroatoms. The monoisotopic (exact) mass is 518 g/mol. The minimum atomic E-state index is -0.610. The number of carbonyl (C=O) groups excluding carboxylic acids is 2. The summed E-state index contributed by atoms with van der Waals surface area (Å²) in [4.78, 5) is 40.4. The number of methoxy groups -OCH3 is 4. The van der Waals surface area contributed by atoms with Gasteiger partial charge in [-0.2, -0.15) is 0 Å². The van der Waals surface area contributed by atoms with Gasteiger partial charge in [-0.25, -0.2) is 0 Å². The predicted molar refractivity (Wildman–Crippen MR) is 132 cm³/mol. The number of benzene rings is 2. The molecule has 184 valence electrons. The van der Waals surface area contributed by atoms with E-state index >= 15 is 0 Å². The third-order valence-electron chi connectivity index (χ3n) is 5.72. The second kappa shape index (κ2) is 10.0. The van der Waals surface area contributed by atoms with Crippen LogP contribution >= 0.6 is 22.9 Å². The maximum atomic E-state index is 13.6. The lowest BCUT2D eigenvalue weighted by Crippen LogP contribution is -2.36. The molecule has 1 atom stereocenters. The van der Waals surface area contributed by atoms with Crippen LogP contribution in [0.4, 0.5) is 11.5 Å². The molecule has 4 rings (SSSR count). The first kappa shape index (κ1) is 24.6. The quantitative estimate of drug-likeness (QED) is 0.437. The highest BCUT2D eigenvalue weighted by Crippen LogP contribution is 2.48. The number of hydrogen-bond donors (Lipinski definition) is 0. The Kier molecular flexibility index (Phi) is 7.04. The van der Waals surface area contributed by atoms with Crippen LogP contribution in [-0.2, 0) is 20.9 Å². The Morgan fingerprint density at radius 1 is 1.06 bits per heavy atom. The van der Waals surface area contributed by atoms with Crippen molar-refractivity contribution in [3.8, 4) is 17.2 Å². The van der Waals surface area contributed by atoms with E-state index in [-0.39, 0.29) is 23.7 Å². The maximum Gasteiger partial charge on any atom is 0.325 e. The standard InChI is InChI=1S/C24H23ClN2O7S/c1-31-17-8-13(9-18(32-2)21(17)34-4)16-11-19(28)27(15-7-5-6-14(25)10-15)23-22(16)35-24(30)26(23)12-20(29)33-3/h5-10,16H,11-12H2,1-4H3/t16-/m1/s1. The number of hydrogen-bond acceptors (Lipinski definition) is 8. The third-order valence-corrected chi connectivity index (χ3v) is 7.04. The molecule has 3 aromatic rings. The number of rotatable bonds is 7. The summed E-state index contributed by atoms with van der Waals surface area (Å²) in [6, 6.07) is 10.3. The van der Waals surface area contributed by atoms with E-state index in [0.29, 0.717) is 44.2 Å². The Labute approximate surface area is 210 Å². The number of anilines is 2. The molecule has 1 aliphatic heterocycles.